The monoisotopic (exact) mass is 693 g/mol. The summed E-state index contributed by atoms with van der Waals surface area (Å²) in [6.45, 7) is 1.95. The Hall–Kier alpha value is -4.72. The van der Waals surface area contributed by atoms with Crippen molar-refractivity contribution in [3.63, 3.8) is 0 Å². The zero-order valence-corrected chi connectivity index (χ0v) is 23.3. The third-order valence-corrected chi connectivity index (χ3v) is 5.07. The van der Waals surface area contributed by atoms with Gasteiger partial charge in [-0.15, -0.1) is 12.1 Å². The van der Waals surface area contributed by atoms with E-state index in [1.54, 1.807) is 28.0 Å². The zero-order valence-electron chi connectivity index (χ0n) is 20.9. The molecule has 0 bridgehead atoms. The van der Waals surface area contributed by atoms with Gasteiger partial charge in [-0.25, -0.2) is 4.79 Å². The Bertz CT molecular complexity index is 1470. The van der Waals surface area contributed by atoms with E-state index in [4.69, 9.17) is 5.11 Å². The van der Waals surface area contributed by atoms with Crippen LogP contribution in [0.25, 0.3) is 22.8 Å². The van der Waals surface area contributed by atoms with E-state index in [0.717, 1.165) is 16.9 Å². The molecule has 4 aromatic heterocycles. The van der Waals surface area contributed by atoms with E-state index in [1.807, 2.05) is 92.1 Å². The van der Waals surface area contributed by atoms with E-state index in [0.29, 0.717) is 11.4 Å². The van der Waals surface area contributed by atoms with Crippen molar-refractivity contribution >= 4 is 5.97 Å². The fourth-order valence-electron chi connectivity index (χ4n) is 3.26. The predicted molar refractivity (Wildman–Crippen MR) is 144 cm³/mol. The fraction of sp³-hybridized carbons (Fsp3) is 0.0333. The molecule has 0 aliphatic rings. The number of aromatic nitrogens is 6. The van der Waals surface area contributed by atoms with Gasteiger partial charge in [-0.1, -0.05) is 0 Å². The van der Waals surface area contributed by atoms with Crippen LogP contribution in [0.5, 0.6) is 0 Å². The fourth-order valence-corrected chi connectivity index (χ4v) is 3.26. The molecule has 6 aromatic rings. The van der Waals surface area contributed by atoms with Crippen LogP contribution in [0, 0.1) is 19.1 Å². The molecular formula is C30H24IrN6O2-2. The Morgan fingerprint density at radius 1 is 0.718 bits per heavy atom. The Kier molecular flexibility index (Phi) is 11.0. The number of hydrogen-bond donors (Lipinski definition) is 1. The van der Waals surface area contributed by atoms with Crippen molar-refractivity contribution in [1.82, 2.24) is 29.5 Å². The van der Waals surface area contributed by atoms with Crippen LogP contribution >= 0.6 is 0 Å². The van der Waals surface area contributed by atoms with Gasteiger partial charge in [0.15, 0.2) is 0 Å². The van der Waals surface area contributed by atoms with Gasteiger partial charge >= 0.3 is 5.97 Å². The summed E-state index contributed by atoms with van der Waals surface area (Å²) < 4.78 is 3.56. The van der Waals surface area contributed by atoms with Crippen LogP contribution in [0.15, 0.2) is 122 Å². The van der Waals surface area contributed by atoms with Crippen molar-refractivity contribution in [2.45, 2.75) is 6.92 Å². The molecule has 1 N–H and O–H groups in total. The molecule has 0 atom stereocenters. The Labute approximate surface area is 240 Å². The third-order valence-electron chi connectivity index (χ3n) is 5.07. The quantitative estimate of drug-likeness (QED) is 0.246. The summed E-state index contributed by atoms with van der Waals surface area (Å²) in [6, 6.07) is 32.1. The van der Waals surface area contributed by atoms with Gasteiger partial charge in [0.05, 0.1) is 17.0 Å². The molecule has 2 aromatic carbocycles. The number of carbonyl (C=O) groups is 1. The van der Waals surface area contributed by atoms with Crippen LogP contribution in [0.4, 0.5) is 0 Å². The van der Waals surface area contributed by atoms with Gasteiger partial charge < -0.3 is 5.11 Å². The second kappa shape index (κ2) is 14.9. The number of carboxylic acid groups (broad SMARTS) is 1. The summed E-state index contributed by atoms with van der Waals surface area (Å²) in [7, 11) is 0. The molecule has 0 unspecified atom stereocenters. The van der Waals surface area contributed by atoms with Crippen molar-refractivity contribution < 1.29 is 30.0 Å². The maximum Gasteiger partial charge on any atom is 0.335 e. The summed E-state index contributed by atoms with van der Waals surface area (Å²) in [5.41, 5.74) is 4.47. The molecule has 8 nitrogen and oxygen atoms in total. The van der Waals surface area contributed by atoms with Crippen LogP contribution in [0.2, 0.25) is 0 Å². The van der Waals surface area contributed by atoms with E-state index in [9.17, 15) is 4.79 Å². The van der Waals surface area contributed by atoms with E-state index < -0.39 is 5.97 Å². The number of carboxylic acids is 1. The van der Waals surface area contributed by atoms with Crippen LogP contribution in [0.1, 0.15) is 15.9 Å². The average Bonchev–Trinajstić information content (AvgIpc) is 3.70. The van der Waals surface area contributed by atoms with Crippen LogP contribution in [0.3, 0.4) is 0 Å². The van der Waals surface area contributed by atoms with Crippen molar-refractivity contribution in [3.05, 3.63) is 145 Å². The molecule has 0 saturated heterocycles. The molecule has 39 heavy (non-hydrogen) atoms. The minimum absolute atomic E-state index is 0. The van der Waals surface area contributed by atoms with Gasteiger partial charge in [0.25, 0.3) is 0 Å². The first-order valence-corrected chi connectivity index (χ1v) is 11.7. The molecule has 0 spiro atoms. The number of hydrogen-bond acceptors (Lipinski definition) is 5. The smallest absolute Gasteiger partial charge is 0.335 e. The van der Waals surface area contributed by atoms with Gasteiger partial charge in [-0.3, -0.25) is 19.3 Å². The van der Waals surface area contributed by atoms with Gasteiger partial charge in [0, 0.05) is 57.3 Å². The van der Waals surface area contributed by atoms with Gasteiger partial charge in [-0.05, 0) is 60.3 Å². The normalized spacial score (nSPS) is 9.67. The van der Waals surface area contributed by atoms with Crippen molar-refractivity contribution in [1.29, 1.82) is 0 Å². The molecule has 0 amide bonds. The summed E-state index contributed by atoms with van der Waals surface area (Å²) in [5, 5.41) is 17.0. The maximum absolute atomic E-state index is 10.8. The number of rotatable bonds is 4. The summed E-state index contributed by atoms with van der Waals surface area (Å²) in [6.07, 6.45) is 10.4. The Balaban J connectivity index is 0.000000164. The molecule has 0 fully saturated rings. The minimum atomic E-state index is -0.962. The first-order chi connectivity index (χ1) is 18.6. The molecule has 0 aliphatic carbocycles. The molecule has 1 radical (unpaired) electrons. The molecule has 0 aliphatic heterocycles. The topological polar surface area (TPSA) is 98.7 Å². The summed E-state index contributed by atoms with van der Waals surface area (Å²) in [5.74, 6) is -0.962. The summed E-state index contributed by atoms with van der Waals surface area (Å²) in [4.78, 5) is 19.1. The second-order valence-corrected chi connectivity index (χ2v) is 7.85. The molecule has 0 saturated carbocycles. The average molecular weight is 693 g/mol. The number of benzene rings is 2. The van der Waals surface area contributed by atoms with Crippen molar-refractivity contribution in [2.75, 3.05) is 0 Å². The SMILES string of the molecule is Cc1ccnc(-c2cc(C(=O)O)ccn2)c1.[Ir].[c-]1ccccc1-n1cccn1.[c-]1ccccc1-n1cccn1. The van der Waals surface area contributed by atoms with Gasteiger partial charge in [-0.2, -0.15) is 58.7 Å². The molecule has 197 valence electrons. The van der Waals surface area contributed by atoms with Gasteiger partial charge in [0.2, 0.25) is 0 Å². The Morgan fingerprint density at radius 2 is 1.26 bits per heavy atom. The number of para-hydroxylation sites is 2. The molecule has 6 rings (SSSR count). The zero-order chi connectivity index (χ0) is 26.6. The first kappa shape index (κ1) is 28.8. The summed E-state index contributed by atoms with van der Waals surface area (Å²) >= 11 is 0. The van der Waals surface area contributed by atoms with E-state index in [2.05, 4.69) is 32.3 Å². The largest absolute Gasteiger partial charge is 0.478 e. The third kappa shape index (κ3) is 8.67. The second-order valence-electron chi connectivity index (χ2n) is 7.85. The molecule has 4 heterocycles. The van der Waals surface area contributed by atoms with Crippen molar-refractivity contribution in [3.8, 4) is 22.8 Å². The Morgan fingerprint density at radius 3 is 1.69 bits per heavy atom. The van der Waals surface area contributed by atoms with Crippen LogP contribution in [-0.2, 0) is 20.1 Å². The van der Waals surface area contributed by atoms with Gasteiger partial charge in [0.1, 0.15) is 0 Å². The standard InChI is InChI=1S/C12H10N2O2.2C9H7N2.Ir/c1-8-2-4-13-10(6-8)11-7-9(12(15)16)3-5-14-11;2*1-2-5-9(6-3-1)11-8-4-7-10-11;/h2-7H,1H3,(H,15,16);2*1-5,7-8H;/q;2*-1;. The van der Waals surface area contributed by atoms with Crippen molar-refractivity contribution in [2.24, 2.45) is 0 Å². The number of nitrogens with zero attached hydrogens (tertiary/aromatic N) is 6. The number of aromatic carboxylic acids is 1. The maximum atomic E-state index is 10.8. The van der Waals surface area contributed by atoms with E-state index in [-0.39, 0.29) is 25.7 Å². The molecular weight excluding hydrogens is 669 g/mol. The molecule has 9 heteroatoms. The van der Waals surface area contributed by atoms with E-state index >= 15 is 0 Å². The van der Waals surface area contributed by atoms with E-state index in [1.165, 1.54) is 18.3 Å². The van der Waals surface area contributed by atoms with Crippen LogP contribution in [-0.4, -0.2) is 40.6 Å². The number of pyridine rings is 2. The predicted octanol–water partition coefficient (Wildman–Crippen LogP) is 5.49. The van der Waals surface area contributed by atoms with Crippen LogP contribution < -0.4 is 0 Å². The first-order valence-electron chi connectivity index (χ1n) is 11.7. The number of aryl methyl sites for hydroxylation is 1. The minimum Gasteiger partial charge on any atom is -0.478 e.